The van der Waals surface area contributed by atoms with Crippen LogP contribution in [0.25, 0.3) is 11.0 Å². The van der Waals surface area contributed by atoms with Crippen LogP contribution in [0.2, 0.25) is 0 Å². The number of likely N-dealkylation sites (N-methyl/N-ethyl adjacent to an activating group) is 1. The normalized spacial score (nSPS) is 11.4. The van der Waals surface area contributed by atoms with Crippen LogP contribution in [0.15, 0.2) is 22.8 Å². The molecule has 1 heterocycles. The summed E-state index contributed by atoms with van der Waals surface area (Å²) in [5.41, 5.74) is 2.55. The van der Waals surface area contributed by atoms with Gasteiger partial charge in [0.05, 0.1) is 6.54 Å². The van der Waals surface area contributed by atoms with Crippen LogP contribution in [0.4, 0.5) is 0 Å². The molecule has 0 fully saturated rings. The van der Waals surface area contributed by atoms with Crippen molar-refractivity contribution in [2.75, 3.05) is 13.6 Å². The van der Waals surface area contributed by atoms with Gasteiger partial charge in [-0.15, -0.1) is 0 Å². The highest BCUT2D eigenvalue weighted by Gasteiger charge is 2.09. The lowest BCUT2D eigenvalue weighted by molar-refractivity contribution is -0.122. The van der Waals surface area contributed by atoms with Gasteiger partial charge in [0, 0.05) is 12.6 Å². The first-order chi connectivity index (χ1) is 9.04. The van der Waals surface area contributed by atoms with E-state index in [9.17, 15) is 4.79 Å². The van der Waals surface area contributed by atoms with Crippen LogP contribution < -0.4 is 5.32 Å². The largest absolute Gasteiger partial charge is 0.353 e. The van der Waals surface area contributed by atoms with Gasteiger partial charge in [0.2, 0.25) is 5.91 Å². The molecule has 1 aromatic carbocycles. The van der Waals surface area contributed by atoms with Crippen molar-refractivity contribution in [1.82, 2.24) is 20.5 Å². The summed E-state index contributed by atoms with van der Waals surface area (Å²) in [5.74, 6) is 0.0293. The average Bonchev–Trinajstić information content (AvgIpc) is 2.74. The van der Waals surface area contributed by atoms with E-state index in [1.807, 2.05) is 44.0 Å². The first-order valence-corrected chi connectivity index (χ1v) is 6.23. The number of benzene rings is 1. The van der Waals surface area contributed by atoms with Crippen molar-refractivity contribution in [3.05, 3.63) is 23.8 Å². The number of aromatic nitrogens is 2. The molecule has 2 rings (SSSR count). The summed E-state index contributed by atoms with van der Waals surface area (Å²) < 4.78 is 4.66. The number of rotatable bonds is 5. The lowest BCUT2D eigenvalue weighted by Crippen LogP contribution is -2.38. The minimum Gasteiger partial charge on any atom is -0.353 e. The number of amides is 1. The topological polar surface area (TPSA) is 71.3 Å². The zero-order valence-corrected chi connectivity index (χ0v) is 11.4. The molecule has 1 amide bonds. The van der Waals surface area contributed by atoms with E-state index in [-0.39, 0.29) is 11.9 Å². The predicted octanol–water partition coefficient (Wildman–Crippen LogP) is 1.18. The van der Waals surface area contributed by atoms with E-state index >= 15 is 0 Å². The van der Waals surface area contributed by atoms with Gasteiger partial charge < -0.3 is 5.32 Å². The van der Waals surface area contributed by atoms with Gasteiger partial charge >= 0.3 is 0 Å². The summed E-state index contributed by atoms with van der Waals surface area (Å²) >= 11 is 0. The second kappa shape index (κ2) is 5.79. The third kappa shape index (κ3) is 3.75. The van der Waals surface area contributed by atoms with Crippen molar-refractivity contribution in [2.45, 2.75) is 26.4 Å². The Hall–Kier alpha value is -1.95. The molecule has 102 valence electrons. The molecule has 0 radical (unpaired) electrons. The Bertz CT molecular complexity index is 565. The van der Waals surface area contributed by atoms with E-state index < -0.39 is 0 Å². The van der Waals surface area contributed by atoms with Crippen molar-refractivity contribution >= 4 is 16.9 Å². The van der Waals surface area contributed by atoms with Crippen LogP contribution >= 0.6 is 0 Å². The van der Waals surface area contributed by atoms with Gasteiger partial charge in [-0.05, 0) is 48.9 Å². The number of fused-ring (bicyclic) bond motifs is 1. The van der Waals surface area contributed by atoms with Gasteiger partial charge in [0.25, 0.3) is 0 Å². The molecular formula is C13H18N4O2. The molecule has 1 aromatic heterocycles. The van der Waals surface area contributed by atoms with Crippen LogP contribution in [0.5, 0.6) is 0 Å². The molecule has 0 spiro atoms. The van der Waals surface area contributed by atoms with Gasteiger partial charge in [-0.25, -0.2) is 4.63 Å². The molecular weight excluding hydrogens is 244 g/mol. The summed E-state index contributed by atoms with van der Waals surface area (Å²) in [6.45, 7) is 4.94. The van der Waals surface area contributed by atoms with E-state index in [1.54, 1.807) is 0 Å². The van der Waals surface area contributed by atoms with E-state index in [2.05, 4.69) is 20.3 Å². The number of hydrogen-bond donors (Lipinski definition) is 1. The molecule has 1 N–H and O–H groups in total. The average molecular weight is 262 g/mol. The number of nitrogens with zero attached hydrogens (tertiary/aromatic N) is 3. The molecule has 6 heteroatoms. The summed E-state index contributed by atoms with van der Waals surface area (Å²) in [6.07, 6.45) is 0. The molecule has 0 aliphatic heterocycles. The first-order valence-electron chi connectivity index (χ1n) is 6.23. The van der Waals surface area contributed by atoms with Gasteiger partial charge in [-0.1, -0.05) is 6.07 Å². The molecule has 0 atom stereocenters. The maximum absolute atomic E-state index is 11.6. The minimum absolute atomic E-state index is 0.0293. The predicted molar refractivity (Wildman–Crippen MR) is 71.4 cm³/mol. The molecule has 0 aliphatic carbocycles. The fraction of sp³-hybridized carbons (Fsp3) is 0.462. The molecule has 0 saturated carbocycles. The van der Waals surface area contributed by atoms with E-state index in [0.29, 0.717) is 13.1 Å². The number of hydrogen-bond acceptors (Lipinski definition) is 5. The quantitative estimate of drug-likeness (QED) is 0.876. The molecule has 0 bridgehead atoms. The summed E-state index contributed by atoms with van der Waals surface area (Å²) in [5, 5.41) is 10.4. The summed E-state index contributed by atoms with van der Waals surface area (Å²) in [6, 6.07) is 5.91. The molecule has 0 aliphatic rings. The van der Waals surface area contributed by atoms with Crippen molar-refractivity contribution in [3.63, 3.8) is 0 Å². The van der Waals surface area contributed by atoms with E-state index in [4.69, 9.17) is 0 Å². The second-order valence-electron chi connectivity index (χ2n) is 4.98. The first kappa shape index (κ1) is 13.5. The number of carbonyl (C=O) groups excluding carboxylic acids is 1. The van der Waals surface area contributed by atoms with Crippen LogP contribution in [0.1, 0.15) is 19.4 Å². The van der Waals surface area contributed by atoms with Crippen molar-refractivity contribution in [3.8, 4) is 0 Å². The zero-order valence-electron chi connectivity index (χ0n) is 11.4. The van der Waals surface area contributed by atoms with Gasteiger partial charge in [0.15, 0.2) is 0 Å². The Balaban J connectivity index is 1.94. The fourth-order valence-electron chi connectivity index (χ4n) is 1.91. The third-order valence-corrected chi connectivity index (χ3v) is 2.63. The van der Waals surface area contributed by atoms with Crippen molar-refractivity contribution in [2.24, 2.45) is 0 Å². The molecule has 2 aromatic rings. The lowest BCUT2D eigenvalue weighted by Gasteiger charge is -2.17. The maximum atomic E-state index is 11.6. The smallest absolute Gasteiger partial charge is 0.234 e. The lowest BCUT2D eigenvalue weighted by atomic mass is 10.2. The summed E-state index contributed by atoms with van der Waals surface area (Å²) in [4.78, 5) is 13.6. The Morgan fingerprint density at radius 2 is 2.11 bits per heavy atom. The van der Waals surface area contributed by atoms with Gasteiger partial charge in [-0.3, -0.25) is 9.69 Å². The summed E-state index contributed by atoms with van der Waals surface area (Å²) in [7, 11) is 1.91. The maximum Gasteiger partial charge on any atom is 0.234 e. The molecule has 0 unspecified atom stereocenters. The van der Waals surface area contributed by atoms with E-state index in [0.717, 1.165) is 16.6 Å². The van der Waals surface area contributed by atoms with Crippen LogP contribution in [0.3, 0.4) is 0 Å². The SMILES string of the molecule is CC(C)NC(=O)CN(C)Cc1ccc2nonc2c1. The van der Waals surface area contributed by atoms with Gasteiger partial charge in [-0.2, -0.15) is 0 Å². The third-order valence-electron chi connectivity index (χ3n) is 2.63. The highest BCUT2D eigenvalue weighted by Crippen LogP contribution is 2.12. The van der Waals surface area contributed by atoms with E-state index in [1.165, 1.54) is 0 Å². The van der Waals surface area contributed by atoms with Gasteiger partial charge in [0.1, 0.15) is 11.0 Å². The highest BCUT2D eigenvalue weighted by atomic mass is 16.6. The second-order valence-corrected chi connectivity index (χ2v) is 4.98. The Morgan fingerprint density at radius 1 is 1.37 bits per heavy atom. The molecule has 6 nitrogen and oxygen atoms in total. The monoisotopic (exact) mass is 262 g/mol. The molecule has 0 saturated heterocycles. The van der Waals surface area contributed by atoms with Crippen LogP contribution in [0, 0.1) is 0 Å². The van der Waals surface area contributed by atoms with Crippen molar-refractivity contribution in [1.29, 1.82) is 0 Å². The standard InChI is InChI=1S/C13H18N4O2/c1-9(2)14-13(18)8-17(3)7-10-4-5-11-12(6-10)16-19-15-11/h4-6,9H,7-8H2,1-3H3,(H,14,18). The Morgan fingerprint density at radius 3 is 2.84 bits per heavy atom. The zero-order chi connectivity index (χ0) is 13.8. The minimum atomic E-state index is 0.0293. The number of carbonyl (C=O) groups is 1. The highest BCUT2D eigenvalue weighted by molar-refractivity contribution is 5.78. The van der Waals surface area contributed by atoms with Crippen molar-refractivity contribution < 1.29 is 9.42 Å². The Kier molecular flexibility index (Phi) is 4.11. The Labute approximate surface area is 111 Å². The fourth-order valence-corrected chi connectivity index (χ4v) is 1.91. The molecule has 19 heavy (non-hydrogen) atoms. The number of nitrogens with one attached hydrogen (secondary N) is 1. The van der Waals surface area contributed by atoms with Crippen LogP contribution in [-0.4, -0.2) is 40.8 Å². The van der Waals surface area contributed by atoms with Crippen LogP contribution in [-0.2, 0) is 11.3 Å².